The molecule has 5 aromatic carbocycles. The zero-order valence-corrected chi connectivity index (χ0v) is 59.1. The molecule has 0 saturated carbocycles. The summed E-state index contributed by atoms with van der Waals surface area (Å²) in [7, 11) is 3.01. The third kappa shape index (κ3) is 18.2. The van der Waals surface area contributed by atoms with Crippen molar-refractivity contribution in [2.45, 2.75) is 121 Å². The van der Waals surface area contributed by atoms with Gasteiger partial charge in [0, 0.05) is 124 Å². The van der Waals surface area contributed by atoms with Gasteiger partial charge in [0.1, 0.15) is 48.3 Å². The number of nitrogens with two attached hydrogens (primary N) is 2. The summed E-state index contributed by atoms with van der Waals surface area (Å²) < 4.78 is 23.6. The molecule has 2 unspecified atom stereocenters. The van der Waals surface area contributed by atoms with Gasteiger partial charge in [0.2, 0.25) is 18.1 Å². The predicted molar refractivity (Wildman–Crippen MR) is 382 cm³/mol. The molecule has 0 aliphatic carbocycles. The number of carbonyl (C=O) groups excluding carboxylic acids is 9. The maximum Gasteiger partial charge on any atom is 0.415 e. The van der Waals surface area contributed by atoms with E-state index in [0.29, 0.717) is 76.4 Å². The number of aliphatic hydroxyl groups is 4. The molecule has 0 spiro atoms. The van der Waals surface area contributed by atoms with Crippen LogP contribution in [0.15, 0.2) is 97.1 Å². The number of ketones is 2. The molecule has 6 aromatic rings. The number of nitrogens with one attached hydrogen (secondary N) is 3. The van der Waals surface area contributed by atoms with Crippen LogP contribution in [-0.4, -0.2) is 192 Å². The number of hydrogen-bond acceptors (Lipinski definition) is 19. The number of carbonyl (C=O) groups is 9. The molecule has 4 heterocycles. The number of alkyl halides is 2. The molecule has 26 nitrogen and oxygen atoms in total. The minimum absolute atomic E-state index is 0.0154. The zero-order chi connectivity index (χ0) is 72.9. The fourth-order valence-corrected chi connectivity index (χ4v) is 14.4. The fourth-order valence-electron chi connectivity index (χ4n) is 13.0. The molecule has 29 heteroatoms. The van der Waals surface area contributed by atoms with Crippen molar-refractivity contribution in [1.82, 2.24) is 20.4 Å². The van der Waals surface area contributed by atoms with Gasteiger partial charge in [0.05, 0.1) is 33.8 Å². The molecule has 1 saturated heterocycles. The highest BCUT2D eigenvalue weighted by Crippen LogP contribution is 2.49. The molecule has 9 rings (SSSR count). The Labute approximate surface area is 598 Å². The number of Topliss-reactive ketones (excluding diaryl/α,β-unsaturated/α-hetero) is 2. The van der Waals surface area contributed by atoms with E-state index in [4.69, 9.17) is 53.6 Å². The number of ether oxygens (including phenoxy) is 4. The molecule has 1 fully saturated rings. The minimum Gasteiger partial charge on any atom is -0.461 e. The van der Waals surface area contributed by atoms with Crippen molar-refractivity contribution in [3.8, 4) is 11.5 Å². The number of urea groups is 1. The number of amides is 8. The van der Waals surface area contributed by atoms with Crippen molar-refractivity contribution < 1.29 is 82.5 Å². The van der Waals surface area contributed by atoms with Gasteiger partial charge in [-0.2, -0.15) is 0 Å². The third-order valence-corrected chi connectivity index (χ3v) is 20.3. The lowest BCUT2D eigenvalue weighted by molar-refractivity contribution is -0.277. The average molecular weight is 1450 g/mol. The molecule has 3 aliphatic rings. The second-order valence-corrected chi connectivity index (χ2v) is 27.8. The van der Waals surface area contributed by atoms with Gasteiger partial charge in [-0.25, -0.2) is 14.4 Å². The van der Waals surface area contributed by atoms with Crippen LogP contribution in [0.5, 0.6) is 11.5 Å². The van der Waals surface area contributed by atoms with Crippen molar-refractivity contribution in [2.24, 2.45) is 29.2 Å². The Morgan fingerprint density at radius 3 is 1.78 bits per heavy atom. The number of rotatable bonds is 31. The number of halogens is 2. The maximum atomic E-state index is 14.8. The summed E-state index contributed by atoms with van der Waals surface area (Å²) in [6.45, 7) is 5.14. The number of anilines is 3. The molecule has 3 aliphatic heterocycles. The summed E-state index contributed by atoms with van der Waals surface area (Å²) in [6.07, 6.45) is -7.17. The molecule has 542 valence electrons. The van der Waals surface area contributed by atoms with Crippen molar-refractivity contribution in [2.75, 3.05) is 86.8 Å². The minimum atomic E-state index is -1.70. The smallest absolute Gasteiger partial charge is 0.415 e. The predicted octanol–water partition coefficient (Wildman–Crippen LogP) is 7.73. The van der Waals surface area contributed by atoms with Gasteiger partial charge in [0.15, 0.2) is 5.78 Å². The average Bonchev–Trinajstić information content (AvgIpc) is 1.63. The van der Waals surface area contributed by atoms with E-state index in [2.05, 4.69) is 16.0 Å². The Hall–Kier alpha value is -8.51. The second-order valence-electron chi connectivity index (χ2n) is 26.1. The highest BCUT2D eigenvalue weighted by atomic mass is 35.5. The number of fused-ring (bicyclic) bond motifs is 6. The van der Waals surface area contributed by atoms with Crippen LogP contribution in [0.2, 0.25) is 0 Å². The molecule has 1 aromatic heterocycles. The van der Waals surface area contributed by atoms with Crippen LogP contribution in [0, 0.1) is 17.8 Å². The Kier molecular flexibility index (Phi) is 26.5. The van der Waals surface area contributed by atoms with Crippen LogP contribution in [0.25, 0.3) is 21.5 Å². The Bertz CT molecular complexity index is 4010. The first-order chi connectivity index (χ1) is 48.4. The summed E-state index contributed by atoms with van der Waals surface area (Å²) in [4.78, 5) is 128. The first kappa shape index (κ1) is 76.7. The number of nitrogens with zero attached hydrogens (tertiary/aromatic N) is 4. The van der Waals surface area contributed by atoms with Gasteiger partial charge in [-0.3, -0.25) is 24.0 Å². The maximum absolute atomic E-state index is 14.8. The van der Waals surface area contributed by atoms with Gasteiger partial charge in [-0.1, -0.05) is 80.9 Å². The van der Waals surface area contributed by atoms with Gasteiger partial charge in [0.25, 0.3) is 11.8 Å². The molecule has 101 heavy (non-hydrogen) atoms. The molecule has 0 bridgehead atoms. The summed E-state index contributed by atoms with van der Waals surface area (Å²) in [5.41, 5.74) is 14.3. The van der Waals surface area contributed by atoms with Crippen LogP contribution in [0.1, 0.15) is 114 Å². The summed E-state index contributed by atoms with van der Waals surface area (Å²) in [5, 5.41) is 52.5. The summed E-state index contributed by atoms with van der Waals surface area (Å²) >= 11 is 14.2. The second kappa shape index (κ2) is 34.9. The Balaban J connectivity index is 0.813. The van der Waals surface area contributed by atoms with Crippen LogP contribution in [0.4, 0.5) is 31.4 Å². The first-order valence-corrected chi connectivity index (χ1v) is 35.4. The lowest BCUT2D eigenvalue weighted by atomic mass is 9.88. The Morgan fingerprint density at radius 2 is 1.24 bits per heavy atom. The number of unbranched alkanes of at least 4 members (excludes halogenated alkanes) is 1. The normalized spacial score (nSPS) is 19.4. The van der Waals surface area contributed by atoms with Gasteiger partial charge in [-0.05, 0) is 96.8 Å². The number of aliphatic hydroxyl groups excluding tert-OH is 4. The molecular formula is C72H87Cl2N9O17S. The number of thiophene rings is 1. The van der Waals surface area contributed by atoms with E-state index in [1.807, 2.05) is 24.3 Å². The number of hydrogen-bond donors (Lipinski definition) is 9. The van der Waals surface area contributed by atoms with E-state index >= 15 is 0 Å². The lowest BCUT2D eigenvalue weighted by Gasteiger charge is -2.39. The van der Waals surface area contributed by atoms with Gasteiger partial charge in [-0.15, -0.1) is 34.5 Å². The van der Waals surface area contributed by atoms with Crippen molar-refractivity contribution in [3.05, 3.63) is 124 Å². The van der Waals surface area contributed by atoms with E-state index in [-0.39, 0.29) is 121 Å². The van der Waals surface area contributed by atoms with Gasteiger partial charge >= 0.3 is 18.2 Å². The van der Waals surface area contributed by atoms with E-state index in [0.717, 1.165) is 22.5 Å². The van der Waals surface area contributed by atoms with Crippen molar-refractivity contribution in [3.63, 3.8) is 0 Å². The molecule has 0 radical (unpaired) electrons. The topological polar surface area (TPSA) is 373 Å². The zero-order valence-electron chi connectivity index (χ0n) is 56.8. The van der Waals surface area contributed by atoms with Crippen LogP contribution < -0.4 is 46.7 Å². The molecule has 11 N–H and O–H groups in total. The third-order valence-electron chi connectivity index (χ3n) is 18.5. The lowest BCUT2D eigenvalue weighted by Crippen LogP contribution is -2.60. The number of primary amides is 1. The molecule has 8 amide bonds. The highest BCUT2D eigenvalue weighted by molar-refractivity contribution is 7.16. The largest absolute Gasteiger partial charge is 0.461 e. The monoisotopic (exact) mass is 1450 g/mol. The van der Waals surface area contributed by atoms with E-state index in [1.165, 1.54) is 30.8 Å². The quantitative estimate of drug-likeness (QED) is 0.0148. The SMILES string of the molecule is CC(=O)C[C@@H](CCCCN)C(=O)N[C@H](C(=O)C[C@@H](CCCNC(N)=O)C(=O)Nc1ccc(COC(=O)N(C)CCN(C)C(=O)Oc2cc3c(c4ccccc24)[C@H](CCl)CN3C(=O)c2ccc(C(=O)N3C[C@@H](CCl)c4c3cc(O[C@@H]3OC(CO)[C@H](O)C(O)[C@@H]3O)c3ccccc43)s2)cc1)C(C)C. The van der Waals surface area contributed by atoms with E-state index in [1.54, 1.807) is 96.4 Å². The van der Waals surface area contributed by atoms with E-state index < -0.39 is 97.0 Å². The van der Waals surface area contributed by atoms with Crippen LogP contribution in [0.3, 0.4) is 0 Å². The number of likely N-dealkylation sites (N-methyl/N-ethyl adjacent to an activating group) is 2. The van der Waals surface area contributed by atoms with Crippen LogP contribution in [-0.2, 0) is 35.3 Å². The molecular weight excluding hydrogens is 1370 g/mol. The first-order valence-electron chi connectivity index (χ1n) is 33.6. The fraction of sp³-hybridized carbons (Fsp3) is 0.458. The van der Waals surface area contributed by atoms with Crippen molar-refractivity contribution in [1.29, 1.82) is 0 Å². The highest BCUT2D eigenvalue weighted by Gasteiger charge is 2.46. The van der Waals surface area contributed by atoms with E-state index in [9.17, 15) is 63.6 Å². The number of benzene rings is 5. The molecule has 10 atom stereocenters. The summed E-state index contributed by atoms with van der Waals surface area (Å²) in [5.74, 6) is -4.15. The Morgan fingerprint density at radius 1 is 0.693 bits per heavy atom. The van der Waals surface area contributed by atoms with Gasteiger partial charge < -0.3 is 91.2 Å². The van der Waals surface area contributed by atoms with Crippen molar-refractivity contribution >= 4 is 127 Å². The standard InChI is InChI=1S/C72H87Cl2N9O17S/c1-39(2)61(79-66(91)42(29-40(3)85)13-10-11-25-75)53(86)30-43(14-12-26-77-70(76)94)65(90)78-46-21-19-41(20-22-46)38-97-71(95)80(4)27-28-81(5)72(96)100-55-32-52-60(50-18-9-7-16-48(50)55)45(34-74)36-83(52)68(93)58-24-23-57(101-58)67(92)82-35-44(33-73)59-49-17-8-6-15-47(49)54(31-51(59)82)98-69-64(89)63(88)62(87)56(37-84)99-69/h6-9,15-24,31-32,39,42-45,56,61-64,69,84,87-89H,10-14,25-30,33-38,75H2,1-5H3,(H,78,90)(H,79,91)(H3,76,77,94)/t42-,43-,44-,45-,56?,61+,62+,63?,64+,69-/m1/s1. The summed E-state index contributed by atoms with van der Waals surface area (Å²) in [6, 6.07) is 25.8. The van der Waals surface area contributed by atoms with Crippen LogP contribution >= 0.6 is 34.5 Å².